The van der Waals surface area contributed by atoms with Crippen LogP contribution in [0.1, 0.15) is 58.3 Å². The standard InChI is InChI=1S/C20H30N2O5/c1-12(2)10-17(22-19(25)27-20(4,5)6)18(24)21-16-9-8-14(26-7)11-15(16)13(3)23/h8-9,11-12,17H,10H2,1-7H3,(H,21,24)(H,22,25). The van der Waals surface area contributed by atoms with Crippen LogP contribution >= 0.6 is 0 Å². The van der Waals surface area contributed by atoms with Crippen molar-refractivity contribution in [3.05, 3.63) is 23.8 Å². The number of amides is 2. The number of Topliss-reactive ketones (excluding diaryl/α,β-unsaturated/α-hetero) is 1. The second-order valence-corrected chi connectivity index (χ2v) is 7.79. The van der Waals surface area contributed by atoms with E-state index in [2.05, 4.69) is 10.6 Å². The van der Waals surface area contributed by atoms with E-state index >= 15 is 0 Å². The lowest BCUT2D eigenvalue weighted by atomic mass is 10.0. The minimum Gasteiger partial charge on any atom is -0.497 e. The van der Waals surface area contributed by atoms with Gasteiger partial charge in [0.2, 0.25) is 5.91 Å². The fraction of sp³-hybridized carbons (Fsp3) is 0.550. The Labute approximate surface area is 160 Å². The molecule has 27 heavy (non-hydrogen) atoms. The first kappa shape index (κ1) is 22.5. The molecule has 7 nitrogen and oxygen atoms in total. The Balaban J connectivity index is 3.00. The summed E-state index contributed by atoms with van der Waals surface area (Å²) in [6, 6.07) is 4.03. The number of alkyl carbamates (subject to hydrolysis) is 1. The maximum atomic E-state index is 12.8. The summed E-state index contributed by atoms with van der Waals surface area (Å²) >= 11 is 0. The summed E-state index contributed by atoms with van der Waals surface area (Å²) < 4.78 is 10.4. The predicted octanol–water partition coefficient (Wildman–Crippen LogP) is 3.78. The Hall–Kier alpha value is -2.57. The van der Waals surface area contributed by atoms with Crippen molar-refractivity contribution in [2.75, 3.05) is 12.4 Å². The van der Waals surface area contributed by atoms with Gasteiger partial charge in [0.05, 0.1) is 12.8 Å². The van der Waals surface area contributed by atoms with Crippen LogP contribution in [0.5, 0.6) is 5.75 Å². The van der Waals surface area contributed by atoms with Gasteiger partial charge in [0.1, 0.15) is 17.4 Å². The lowest BCUT2D eigenvalue weighted by molar-refractivity contribution is -0.118. The lowest BCUT2D eigenvalue weighted by Crippen LogP contribution is -2.46. The van der Waals surface area contributed by atoms with Gasteiger partial charge in [0, 0.05) is 5.56 Å². The van der Waals surface area contributed by atoms with Gasteiger partial charge in [-0.25, -0.2) is 4.79 Å². The Bertz CT molecular complexity index is 692. The molecule has 2 amide bonds. The summed E-state index contributed by atoms with van der Waals surface area (Å²) in [5, 5.41) is 5.34. The summed E-state index contributed by atoms with van der Waals surface area (Å²) in [7, 11) is 1.50. The van der Waals surface area contributed by atoms with Crippen molar-refractivity contribution < 1.29 is 23.9 Å². The van der Waals surface area contributed by atoms with Crippen LogP contribution in [0, 0.1) is 5.92 Å². The van der Waals surface area contributed by atoms with Gasteiger partial charge in [0.15, 0.2) is 5.78 Å². The van der Waals surface area contributed by atoms with E-state index in [9.17, 15) is 14.4 Å². The molecule has 0 bridgehead atoms. The van der Waals surface area contributed by atoms with Gasteiger partial charge < -0.3 is 20.1 Å². The number of hydrogen-bond acceptors (Lipinski definition) is 5. The monoisotopic (exact) mass is 378 g/mol. The number of methoxy groups -OCH3 is 1. The van der Waals surface area contributed by atoms with Crippen molar-refractivity contribution in [2.24, 2.45) is 5.92 Å². The molecule has 2 N–H and O–H groups in total. The van der Waals surface area contributed by atoms with Gasteiger partial charge in [-0.2, -0.15) is 0 Å². The third-order valence-corrected chi connectivity index (χ3v) is 3.58. The summed E-state index contributed by atoms with van der Waals surface area (Å²) in [4.78, 5) is 36.7. The van der Waals surface area contributed by atoms with E-state index in [1.165, 1.54) is 14.0 Å². The van der Waals surface area contributed by atoms with Crippen LogP contribution in [0.15, 0.2) is 18.2 Å². The van der Waals surface area contributed by atoms with Gasteiger partial charge in [-0.1, -0.05) is 13.8 Å². The van der Waals surface area contributed by atoms with E-state index in [4.69, 9.17) is 9.47 Å². The summed E-state index contributed by atoms with van der Waals surface area (Å²) in [6.45, 7) is 10.6. The Morgan fingerprint density at radius 2 is 1.78 bits per heavy atom. The first-order chi connectivity index (χ1) is 12.4. The Kier molecular flexibility index (Phi) is 7.82. The largest absolute Gasteiger partial charge is 0.497 e. The molecular weight excluding hydrogens is 348 g/mol. The highest BCUT2D eigenvalue weighted by molar-refractivity contribution is 6.05. The fourth-order valence-electron chi connectivity index (χ4n) is 2.42. The van der Waals surface area contributed by atoms with Crippen LogP contribution < -0.4 is 15.4 Å². The molecule has 0 aromatic heterocycles. The number of anilines is 1. The minimum atomic E-state index is -0.790. The second kappa shape index (κ2) is 9.39. The number of benzene rings is 1. The van der Waals surface area contributed by atoms with Crippen LogP contribution in [0.3, 0.4) is 0 Å². The molecule has 1 aromatic rings. The van der Waals surface area contributed by atoms with Crippen molar-refractivity contribution in [1.29, 1.82) is 0 Å². The topological polar surface area (TPSA) is 93.7 Å². The average molecular weight is 378 g/mol. The van der Waals surface area contributed by atoms with E-state index in [-0.39, 0.29) is 11.7 Å². The molecule has 1 aromatic carbocycles. The minimum absolute atomic E-state index is 0.166. The molecule has 0 radical (unpaired) electrons. The number of rotatable bonds is 7. The molecule has 0 spiro atoms. The van der Waals surface area contributed by atoms with Gasteiger partial charge in [-0.05, 0) is 58.2 Å². The van der Waals surface area contributed by atoms with Crippen LogP contribution in [0.4, 0.5) is 10.5 Å². The molecule has 0 fully saturated rings. The highest BCUT2D eigenvalue weighted by Crippen LogP contribution is 2.23. The summed E-state index contributed by atoms with van der Waals surface area (Å²) in [5.74, 6) is 0.0644. The van der Waals surface area contributed by atoms with Crippen LogP contribution in [-0.2, 0) is 9.53 Å². The molecule has 7 heteroatoms. The number of carbonyl (C=O) groups is 3. The molecule has 0 saturated heterocycles. The van der Waals surface area contributed by atoms with Crippen molar-refractivity contribution in [2.45, 2.75) is 59.6 Å². The zero-order valence-corrected chi connectivity index (χ0v) is 17.1. The zero-order valence-electron chi connectivity index (χ0n) is 17.1. The van der Waals surface area contributed by atoms with Crippen molar-refractivity contribution in [3.63, 3.8) is 0 Å². The molecule has 0 aliphatic carbocycles. The van der Waals surface area contributed by atoms with Gasteiger partial charge in [0.25, 0.3) is 0 Å². The normalized spacial score (nSPS) is 12.3. The number of ether oxygens (including phenoxy) is 2. The number of ketones is 1. The van der Waals surface area contributed by atoms with Gasteiger partial charge >= 0.3 is 6.09 Å². The first-order valence-electron chi connectivity index (χ1n) is 8.92. The molecule has 1 atom stereocenters. The van der Waals surface area contributed by atoms with Gasteiger partial charge in [-0.3, -0.25) is 9.59 Å². The summed E-state index contributed by atoms with van der Waals surface area (Å²) in [5.41, 5.74) is 0.0390. The molecule has 0 saturated carbocycles. The smallest absolute Gasteiger partial charge is 0.408 e. The predicted molar refractivity (Wildman–Crippen MR) is 104 cm³/mol. The molecule has 1 rings (SSSR count). The van der Waals surface area contributed by atoms with E-state index in [0.29, 0.717) is 23.4 Å². The van der Waals surface area contributed by atoms with Crippen LogP contribution in [-0.4, -0.2) is 36.5 Å². The number of nitrogens with one attached hydrogen (secondary N) is 2. The van der Waals surface area contributed by atoms with Gasteiger partial charge in [-0.15, -0.1) is 0 Å². The molecular formula is C20H30N2O5. The molecule has 0 aliphatic rings. The summed E-state index contributed by atoms with van der Waals surface area (Å²) in [6.07, 6.45) is -0.235. The van der Waals surface area contributed by atoms with E-state index < -0.39 is 23.6 Å². The Morgan fingerprint density at radius 3 is 2.26 bits per heavy atom. The Morgan fingerprint density at radius 1 is 1.15 bits per heavy atom. The molecule has 1 unspecified atom stereocenters. The quantitative estimate of drug-likeness (QED) is 0.704. The van der Waals surface area contributed by atoms with Crippen molar-refractivity contribution >= 4 is 23.5 Å². The van der Waals surface area contributed by atoms with E-state index in [0.717, 1.165) is 0 Å². The van der Waals surface area contributed by atoms with Crippen molar-refractivity contribution in [1.82, 2.24) is 5.32 Å². The third kappa shape index (κ3) is 7.68. The maximum Gasteiger partial charge on any atom is 0.408 e. The molecule has 0 heterocycles. The van der Waals surface area contributed by atoms with Crippen molar-refractivity contribution in [3.8, 4) is 5.75 Å². The van der Waals surface area contributed by atoms with Crippen LogP contribution in [0.25, 0.3) is 0 Å². The fourth-order valence-corrected chi connectivity index (χ4v) is 2.42. The van der Waals surface area contributed by atoms with E-state index in [1.54, 1.807) is 39.0 Å². The van der Waals surface area contributed by atoms with Crippen LogP contribution in [0.2, 0.25) is 0 Å². The highest BCUT2D eigenvalue weighted by Gasteiger charge is 2.26. The number of carbonyl (C=O) groups excluding carboxylic acids is 3. The highest BCUT2D eigenvalue weighted by atomic mass is 16.6. The molecule has 150 valence electrons. The zero-order chi connectivity index (χ0) is 20.8. The average Bonchev–Trinajstić information content (AvgIpc) is 2.52. The SMILES string of the molecule is COc1ccc(NC(=O)C(CC(C)C)NC(=O)OC(C)(C)C)c(C(C)=O)c1. The van der Waals surface area contributed by atoms with E-state index in [1.807, 2.05) is 13.8 Å². The second-order valence-electron chi connectivity index (χ2n) is 7.79. The number of hydrogen-bond donors (Lipinski definition) is 2. The maximum absolute atomic E-state index is 12.8. The lowest BCUT2D eigenvalue weighted by Gasteiger charge is -2.24. The first-order valence-corrected chi connectivity index (χ1v) is 8.92. The third-order valence-electron chi connectivity index (χ3n) is 3.58. The molecule has 0 aliphatic heterocycles.